The van der Waals surface area contributed by atoms with Crippen molar-refractivity contribution < 1.29 is 4.79 Å². The lowest BCUT2D eigenvalue weighted by atomic mass is 10.0. The number of hydrogen-bond donors (Lipinski definition) is 1. The van der Waals surface area contributed by atoms with Crippen molar-refractivity contribution in [1.29, 1.82) is 0 Å². The minimum Gasteiger partial charge on any atom is -0.350 e. The molecule has 16 heavy (non-hydrogen) atoms. The van der Waals surface area contributed by atoms with Crippen molar-refractivity contribution in [3.8, 4) is 0 Å². The molecule has 88 valence electrons. The molecule has 1 aliphatic rings. The highest BCUT2D eigenvalue weighted by atomic mass is 32.1. The third-order valence-corrected chi connectivity index (χ3v) is 4.03. The molecule has 0 aromatic carbocycles. The Hall–Kier alpha value is -0.870. The second-order valence-electron chi connectivity index (χ2n) is 4.32. The smallest absolute Gasteiger partial charge is 0.261 e. The van der Waals surface area contributed by atoms with Crippen molar-refractivity contribution in [1.82, 2.24) is 10.2 Å². The molecule has 4 heteroatoms. The van der Waals surface area contributed by atoms with E-state index in [1.54, 1.807) is 0 Å². The molecule has 1 aromatic heterocycles. The SMILES string of the molecule is CN1CCCCC1CNC(=O)c1cccs1. The zero-order valence-electron chi connectivity index (χ0n) is 9.61. The molecule has 1 aromatic rings. The van der Waals surface area contributed by atoms with Crippen molar-refractivity contribution in [2.75, 3.05) is 20.1 Å². The van der Waals surface area contributed by atoms with Gasteiger partial charge in [0.25, 0.3) is 5.91 Å². The number of likely N-dealkylation sites (tertiary alicyclic amines) is 1. The van der Waals surface area contributed by atoms with E-state index in [0.717, 1.165) is 18.0 Å². The van der Waals surface area contributed by atoms with Crippen LogP contribution in [0, 0.1) is 0 Å². The number of likely N-dealkylation sites (N-methyl/N-ethyl adjacent to an activating group) is 1. The third kappa shape index (κ3) is 2.83. The quantitative estimate of drug-likeness (QED) is 0.873. The topological polar surface area (TPSA) is 32.3 Å². The summed E-state index contributed by atoms with van der Waals surface area (Å²) in [6.45, 7) is 1.92. The number of nitrogens with one attached hydrogen (secondary N) is 1. The van der Waals surface area contributed by atoms with Gasteiger partial charge >= 0.3 is 0 Å². The Bertz CT molecular complexity index is 337. The average molecular weight is 238 g/mol. The maximum atomic E-state index is 11.7. The number of piperidine rings is 1. The first kappa shape index (κ1) is 11.6. The van der Waals surface area contributed by atoms with Crippen LogP contribution in [0.25, 0.3) is 0 Å². The molecule has 1 aliphatic heterocycles. The highest BCUT2D eigenvalue weighted by Crippen LogP contribution is 2.14. The van der Waals surface area contributed by atoms with E-state index in [9.17, 15) is 4.79 Å². The Morgan fingerprint density at radius 1 is 1.62 bits per heavy atom. The second-order valence-corrected chi connectivity index (χ2v) is 5.27. The number of hydrogen-bond acceptors (Lipinski definition) is 3. The summed E-state index contributed by atoms with van der Waals surface area (Å²) in [4.78, 5) is 14.9. The maximum absolute atomic E-state index is 11.7. The average Bonchev–Trinajstić information content (AvgIpc) is 2.81. The van der Waals surface area contributed by atoms with Gasteiger partial charge in [-0.1, -0.05) is 12.5 Å². The molecule has 0 radical (unpaired) electrons. The van der Waals surface area contributed by atoms with Crippen LogP contribution in [0.5, 0.6) is 0 Å². The summed E-state index contributed by atoms with van der Waals surface area (Å²) in [6, 6.07) is 4.29. The van der Waals surface area contributed by atoms with Crippen LogP contribution in [0.2, 0.25) is 0 Å². The standard InChI is InChI=1S/C12H18N2OS/c1-14-7-3-2-5-10(14)9-13-12(15)11-6-4-8-16-11/h4,6,8,10H,2-3,5,7,9H2,1H3,(H,13,15). The monoisotopic (exact) mass is 238 g/mol. The zero-order valence-corrected chi connectivity index (χ0v) is 10.4. The van der Waals surface area contributed by atoms with E-state index < -0.39 is 0 Å². The fraction of sp³-hybridized carbons (Fsp3) is 0.583. The van der Waals surface area contributed by atoms with Crippen molar-refractivity contribution in [3.05, 3.63) is 22.4 Å². The molecule has 1 atom stereocenters. The summed E-state index contributed by atoms with van der Waals surface area (Å²) in [5, 5.41) is 4.95. The number of rotatable bonds is 3. The third-order valence-electron chi connectivity index (χ3n) is 3.16. The summed E-state index contributed by atoms with van der Waals surface area (Å²) in [5.41, 5.74) is 0. The van der Waals surface area contributed by atoms with Gasteiger partial charge in [-0.3, -0.25) is 4.79 Å². The van der Waals surface area contributed by atoms with E-state index in [-0.39, 0.29) is 5.91 Å². The summed E-state index contributed by atoms with van der Waals surface area (Å²) >= 11 is 1.49. The fourth-order valence-corrected chi connectivity index (χ4v) is 2.75. The largest absolute Gasteiger partial charge is 0.350 e. The molecule has 3 nitrogen and oxygen atoms in total. The molecule has 0 spiro atoms. The number of thiophene rings is 1. The summed E-state index contributed by atoms with van der Waals surface area (Å²) < 4.78 is 0. The van der Waals surface area contributed by atoms with E-state index in [0.29, 0.717) is 6.04 Å². The zero-order chi connectivity index (χ0) is 11.4. The minimum atomic E-state index is 0.0639. The Morgan fingerprint density at radius 3 is 3.19 bits per heavy atom. The summed E-state index contributed by atoms with van der Waals surface area (Å²) in [7, 11) is 2.14. The van der Waals surface area contributed by atoms with Crippen LogP contribution >= 0.6 is 11.3 Å². The van der Waals surface area contributed by atoms with Gasteiger partial charge in [0.15, 0.2) is 0 Å². The van der Waals surface area contributed by atoms with E-state index in [1.165, 1.54) is 30.6 Å². The first-order chi connectivity index (χ1) is 7.77. The van der Waals surface area contributed by atoms with Crippen LogP contribution in [0.15, 0.2) is 17.5 Å². The lowest BCUT2D eigenvalue weighted by Gasteiger charge is -2.32. The molecule has 1 fully saturated rings. The predicted molar refractivity (Wildman–Crippen MR) is 66.9 cm³/mol. The van der Waals surface area contributed by atoms with Crippen molar-refractivity contribution in [2.24, 2.45) is 0 Å². The van der Waals surface area contributed by atoms with Gasteiger partial charge in [0.2, 0.25) is 0 Å². The number of amides is 1. The van der Waals surface area contributed by atoms with E-state index in [1.807, 2.05) is 17.5 Å². The summed E-state index contributed by atoms with van der Waals surface area (Å²) in [5.74, 6) is 0.0639. The molecule has 1 unspecified atom stereocenters. The normalized spacial score (nSPS) is 21.9. The van der Waals surface area contributed by atoms with Gasteiger partial charge < -0.3 is 10.2 Å². The molecule has 1 amide bonds. The first-order valence-electron chi connectivity index (χ1n) is 5.79. The molecule has 2 heterocycles. The lowest BCUT2D eigenvalue weighted by Crippen LogP contribution is -2.44. The minimum absolute atomic E-state index is 0.0639. The van der Waals surface area contributed by atoms with Crippen LogP contribution in [0.3, 0.4) is 0 Å². The summed E-state index contributed by atoms with van der Waals surface area (Å²) in [6.07, 6.45) is 3.76. The Balaban J connectivity index is 1.80. The van der Waals surface area contributed by atoms with E-state index >= 15 is 0 Å². The van der Waals surface area contributed by atoms with Gasteiger partial charge in [0.1, 0.15) is 0 Å². The van der Waals surface area contributed by atoms with Crippen LogP contribution < -0.4 is 5.32 Å². The van der Waals surface area contributed by atoms with E-state index in [2.05, 4.69) is 17.3 Å². The molecule has 1 N–H and O–H groups in total. The van der Waals surface area contributed by atoms with Crippen LogP contribution in [-0.4, -0.2) is 37.0 Å². The first-order valence-corrected chi connectivity index (χ1v) is 6.67. The van der Waals surface area contributed by atoms with Crippen molar-refractivity contribution in [3.63, 3.8) is 0 Å². The fourth-order valence-electron chi connectivity index (χ4n) is 2.11. The molecule has 0 aliphatic carbocycles. The molecule has 2 rings (SSSR count). The lowest BCUT2D eigenvalue weighted by molar-refractivity contribution is 0.0932. The number of carbonyl (C=O) groups is 1. The van der Waals surface area contributed by atoms with Gasteiger partial charge in [-0.15, -0.1) is 11.3 Å². The van der Waals surface area contributed by atoms with Gasteiger partial charge in [0.05, 0.1) is 4.88 Å². The molecular formula is C12H18N2OS. The highest BCUT2D eigenvalue weighted by molar-refractivity contribution is 7.12. The molecule has 0 bridgehead atoms. The maximum Gasteiger partial charge on any atom is 0.261 e. The molecule has 1 saturated heterocycles. The van der Waals surface area contributed by atoms with Gasteiger partial charge in [-0.2, -0.15) is 0 Å². The molecule has 0 saturated carbocycles. The number of carbonyl (C=O) groups excluding carboxylic acids is 1. The van der Waals surface area contributed by atoms with Gasteiger partial charge in [-0.05, 0) is 37.9 Å². The van der Waals surface area contributed by atoms with Gasteiger partial charge in [0, 0.05) is 12.6 Å². The van der Waals surface area contributed by atoms with Crippen molar-refractivity contribution in [2.45, 2.75) is 25.3 Å². The molecular weight excluding hydrogens is 220 g/mol. The number of nitrogens with zero attached hydrogens (tertiary/aromatic N) is 1. The van der Waals surface area contributed by atoms with Crippen LogP contribution in [-0.2, 0) is 0 Å². The van der Waals surface area contributed by atoms with Crippen molar-refractivity contribution >= 4 is 17.2 Å². The highest BCUT2D eigenvalue weighted by Gasteiger charge is 2.19. The Labute approximate surface area is 100 Å². The Kier molecular flexibility index (Phi) is 3.96. The Morgan fingerprint density at radius 2 is 2.50 bits per heavy atom. The van der Waals surface area contributed by atoms with Crippen LogP contribution in [0.1, 0.15) is 28.9 Å². The van der Waals surface area contributed by atoms with Crippen LogP contribution in [0.4, 0.5) is 0 Å². The van der Waals surface area contributed by atoms with E-state index in [4.69, 9.17) is 0 Å². The second kappa shape index (κ2) is 5.46. The predicted octanol–water partition coefficient (Wildman–Crippen LogP) is 1.96. The van der Waals surface area contributed by atoms with Gasteiger partial charge in [-0.25, -0.2) is 0 Å².